The van der Waals surface area contributed by atoms with E-state index >= 15 is 0 Å². The molecule has 3 nitrogen and oxygen atoms in total. The van der Waals surface area contributed by atoms with Gasteiger partial charge in [0.05, 0.1) is 16.1 Å². The standard InChI is InChI=1S/C5H9O3P/c1-3-7-5(6)4(2)8-9/h2-3,9H2,1H3. The molecule has 0 aliphatic carbocycles. The molecule has 0 bridgehead atoms. The van der Waals surface area contributed by atoms with E-state index in [2.05, 4.69) is 15.8 Å². The first-order valence-electron chi connectivity index (χ1n) is 2.45. The Labute approximate surface area is 56.3 Å². The highest BCUT2D eigenvalue weighted by Gasteiger charge is 2.05. The summed E-state index contributed by atoms with van der Waals surface area (Å²) in [7, 11) is 1.91. The van der Waals surface area contributed by atoms with E-state index in [0.717, 1.165) is 0 Å². The number of hydrogen-bond donors (Lipinski definition) is 0. The van der Waals surface area contributed by atoms with Crippen LogP contribution < -0.4 is 0 Å². The Bertz CT molecular complexity index is 121. The van der Waals surface area contributed by atoms with Crippen molar-refractivity contribution in [3.05, 3.63) is 12.3 Å². The smallest absolute Gasteiger partial charge is 0.373 e. The molecule has 0 aliphatic rings. The minimum atomic E-state index is -0.521. The summed E-state index contributed by atoms with van der Waals surface area (Å²) in [6, 6.07) is 0. The second-order valence-electron chi connectivity index (χ2n) is 1.26. The summed E-state index contributed by atoms with van der Waals surface area (Å²) in [5.41, 5.74) is 0. The first-order chi connectivity index (χ1) is 4.22. The quantitative estimate of drug-likeness (QED) is 0.258. The van der Waals surface area contributed by atoms with Crippen molar-refractivity contribution in [2.24, 2.45) is 0 Å². The second-order valence-corrected chi connectivity index (χ2v) is 1.50. The lowest BCUT2D eigenvalue weighted by atomic mass is 10.6. The van der Waals surface area contributed by atoms with Crippen LogP contribution >= 0.6 is 9.47 Å². The molecule has 0 aromatic heterocycles. The number of carbonyl (C=O) groups is 1. The normalized spacial score (nSPS) is 8.22. The fraction of sp³-hybridized carbons (Fsp3) is 0.400. The minimum absolute atomic E-state index is 0.00171. The highest BCUT2D eigenvalue weighted by Crippen LogP contribution is 2.00. The molecule has 0 spiro atoms. The van der Waals surface area contributed by atoms with E-state index in [1.807, 2.05) is 9.47 Å². The Morgan fingerprint density at radius 3 is 2.67 bits per heavy atom. The van der Waals surface area contributed by atoms with Crippen LogP contribution in [0.5, 0.6) is 0 Å². The molecule has 9 heavy (non-hydrogen) atoms. The van der Waals surface area contributed by atoms with Crippen molar-refractivity contribution in [2.75, 3.05) is 6.61 Å². The average Bonchev–Trinajstić information content (AvgIpc) is 1.87. The van der Waals surface area contributed by atoms with Crippen molar-refractivity contribution in [1.82, 2.24) is 0 Å². The van der Waals surface area contributed by atoms with Crippen LogP contribution in [-0.2, 0) is 14.1 Å². The van der Waals surface area contributed by atoms with Crippen LogP contribution in [0.3, 0.4) is 0 Å². The zero-order chi connectivity index (χ0) is 7.28. The Kier molecular flexibility index (Phi) is 4.06. The van der Waals surface area contributed by atoms with Gasteiger partial charge in [0, 0.05) is 0 Å². The van der Waals surface area contributed by atoms with Crippen molar-refractivity contribution in [3.63, 3.8) is 0 Å². The lowest BCUT2D eigenvalue weighted by Crippen LogP contribution is -2.05. The Morgan fingerprint density at radius 1 is 1.78 bits per heavy atom. The first kappa shape index (κ1) is 8.44. The van der Waals surface area contributed by atoms with Crippen molar-refractivity contribution in [1.29, 1.82) is 0 Å². The summed E-state index contributed by atoms with van der Waals surface area (Å²) in [5, 5.41) is 0. The fourth-order valence-corrected chi connectivity index (χ4v) is 0.356. The number of carbonyl (C=O) groups excluding carboxylic acids is 1. The van der Waals surface area contributed by atoms with Gasteiger partial charge in [-0.1, -0.05) is 0 Å². The lowest BCUT2D eigenvalue weighted by Gasteiger charge is -2.00. The first-order valence-corrected chi connectivity index (χ1v) is 2.92. The maximum atomic E-state index is 10.5. The Hall–Kier alpha value is -0.560. The number of ether oxygens (including phenoxy) is 1. The van der Waals surface area contributed by atoms with Gasteiger partial charge in [-0.25, -0.2) is 4.79 Å². The molecule has 0 rings (SSSR count). The third-order valence-corrected chi connectivity index (χ3v) is 0.930. The molecule has 1 unspecified atom stereocenters. The number of esters is 1. The van der Waals surface area contributed by atoms with Gasteiger partial charge < -0.3 is 9.26 Å². The zero-order valence-corrected chi connectivity index (χ0v) is 6.37. The molecule has 0 fully saturated rings. The molecule has 1 atom stereocenters. The number of hydrogen-bond acceptors (Lipinski definition) is 3. The third kappa shape index (κ3) is 3.09. The molecular formula is C5H9O3P. The summed E-state index contributed by atoms with van der Waals surface area (Å²) in [4.78, 5) is 10.5. The molecular weight excluding hydrogens is 139 g/mol. The molecule has 0 radical (unpaired) electrons. The van der Waals surface area contributed by atoms with Crippen molar-refractivity contribution in [3.8, 4) is 0 Å². The second kappa shape index (κ2) is 4.33. The van der Waals surface area contributed by atoms with Gasteiger partial charge in [0.25, 0.3) is 0 Å². The molecule has 0 N–H and O–H groups in total. The predicted octanol–water partition coefficient (Wildman–Crippen LogP) is 0.870. The molecule has 52 valence electrons. The summed E-state index contributed by atoms with van der Waals surface area (Å²) in [5.74, 6) is -0.519. The average molecular weight is 148 g/mol. The van der Waals surface area contributed by atoms with Gasteiger partial charge in [-0.2, -0.15) is 0 Å². The van der Waals surface area contributed by atoms with Crippen LogP contribution in [0.1, 0.15) is 6.92 Å². The lowest BCUT2D eigenvalue weighted by molar-refractivity contribution is -0.140. The van der Waals surface area contributed by atoms with Crippen LogP contribution in [0, 0.1) is 0 Å². The molecule has 0 aliphatic heterocycles. The fourth-order valence-electron chi connectivity index (χ4n) is 0.260. The minimum Gasteiger partial charge on any atom is -0.473 e. The molecule has 0 saturated heterocycles. The van der Waals surface area contributed by atoms with E-state index in [1.165, 1.54) is 0 Å². The van der Waals surface area contributed by atoms with E-state index in [1.54, 1.807) is 6.92 Å². The van der Waals surface area contributed by atoms with Crippen molar-refractivity contribution < 1.29 is 14.1 Å². The van der Waals surface area contributed by atoms with Gasteiger partial charge in [0.15, 0.2) is 5.76 Å². The van der Waals surface area contributed by atoms with Crippen LogP contribution in [0.25, 0.3) is 0 Å². The molecule has 4 heteroatoms. The van der Waals surface area contributed by atoms with Gasteiger partial charge in [0.2, 0.25) is 0 Å². The summed E-state index contributed by atoms with van der Waals surface area (Å²) >= 11 is 0. The SMILES string of the molecule is C=C(OP)C(=O)OCC. The maximum absolute atomic E-state index is 10.5. The monoisotopic (exact) mass is 148 g/mol. The van der Waals surface area contributed by atoms with Crippen molar-refractivity contribution >= 4 is 15.4 Å². The van der Waals surface area contributed by atoms with Crippen LogP contribution in [0.2, 0.25) is 0 Å². The predicted molar refractivity (Wildman–Crippen MR) is 36.6 cm³/mol. The highest BCUT2D eigenvalue weighted by atomic mass is 31.0. The van der Waals surface area contributed by atoms with Crippen LogP contribution in [0.15, 0.2) is 12.3 Å². The van der Waals surface area contributed by atoms with Gasteiger partial charge in [0.1, 0.15) is 0 Å². The van der Waals surface area contributed by atoms with E-state index in [0.29, 0.717) is 6.61 Å². The molecule has 0 saturated carbocycles. The zero-order valence-electron chi connectivity index (χ0n) is 5.22. The molecule has 0 aromatic rings. The summed E-state index contributed by atoms with van der Waals surface area (Å²) in [6.07, 6.45) is 0. The summed E-state index contributed by atoms with van der Waals surface area (Å²) in [6.45, 7) is 5.33. The topological polar surface area (TPSA) is 35.5 Å². The van der Waals surface area contributed by atoms with Gasteiger partial charge in [-0.15, -0.1) is 0 Å². The number of rotatable bonds is 3. The van der Waals surface area contributed by atoms with Crippen LogP contribution in [-0.4, -0.2) is 12.6 Å². The summed E-state index contributed by atoms with van der Waals surface area (Å²) < 4.78 is 8.93. The highest BCUT2D eigenvalue weighted by molar-refractivity contribution is 7.10. The third-order valence-electron chi connectivity index (χ3n) is 0.645. The molecule has 0 amide bonds. The van der Waals surface area contributed by atoms with E-state index in [4.69, 9.17) is 0 Å². The van der Waals surface area contributed by atoms with Crippen molar-refractivity contribution in [2.45, 2.75) is 6.92 Å². The van der Waals surface area contributed by atoms with E-state index < -0.39 is 5.97 Å². The molecule has 0 heterocycles. The van der Waals surface area contributed by atoms with E-state index in [9.17, 15) is 4.79 Å². The molecule has 0 aromatic carbocycles. The Morgan fingerprint density at radius 2 is 2.33 bits per heavy atom. The van der Waals surface area contributed by atoms with Gasteiger partial charge in [-0.3, -0.25) is 0 Å². The van der Waals surface area contributed by atoms with Gasteiger partial charge in [-0.05, 0) is 13.5 Å². The maximum Gasteiger partial charge on any atom is 0.373 e. The van der Waals surface area contributed by atoms with Crippen LogP contribution in [0.4, 0.5) is 0 Å². The van der Waals surface area contributed by atoms with Gasteiger partial charge >= 0.3 is 5.97 Å². The largest absolute Gasteiger partial charge is 0.473 e. The van der Waals surface area contributed by atoms with E-state index in [-0.39, 0.29) is 5.76 Å². The Balaban J connectivity index is 3.60.